The van der Waals surface area contributed by atoms with Gasteiger partial charge in [0, 0.05) is 18.8 Å². The van der Waals surface area contributed by atoms with E-state index in [1.54, 1.807) is 0 Å². The first-order valence-corrected chi connectivity index (χ1v) is 7.81. The minimum atomic E-state index is -0.230. The lowest BCUT2D eigenvalue weighted by Crippen LogP contribution is -2.38. The highest BCUT2D eigenvalue weighted by atomic mass is 16.2. The topological polar surface area (TPSA) is 44.4 Å². The second kappa shape index (κ2) is 7.05. The number of nitrogens with zero attached hydrogens (tertiary/aromatic N) is 1. The molecule has 0 aromatic heterocycles. The first-order valence-electron chi connectivity index (χ1n) is 7.81. The van der Waals surface area contributed by atoms with Crippen LogP contribution < -0.4 is 10.6 Å². The summed E-state index contributed by atoms with van der Waals surface area (Å²) in [7, 11) is 4.09. The SMILES string of the molecule is CCCC1(C(=O)Nc2cccc(CN(C)C)c2)CCNC1. The largest absolute Gasteiger partial charge is 0.326 e. The van der Waals surface area contributed by atoms with Crippen molar-refractivity contribution >= 4 is 11.6 Å². The molecule has 2 N–H and O–H groups in total. The molecule has 1 aliphatic rings. The Kier molecular flexibility index (Phi) is 5.37. The number of rotatable bonds is 6. The summed E-state index contributed by atoms with van der Waals surface area (Å²) in [6.45, 7) is 4.76. The molecule has 116 valence electrons. The van der Waals surface area contributed by atoms with Crippen molar-refractivity contribution in [2.45, 2.75) is 32.7 Å². The van der Waals surface area contributed by atoms with Gasteiger partial charge in [-0.05, 0) is 51.2 Å². The maximum Gasteiger partial charge on any atom is 0.231 e. The van der Waals surface area contributed by atoms with E-state index in [-0.39, 0.29) is 11.3 Å². The van der Waals surface area contributed by atoms with E-state index in [0.29, 0.717) is 0 Å². The summed E-state index contributed by atoms with van der Waals surface area (Å²) in [4.78, 5) is 14.8. The van der Waals surface area contributed by atoms with Crippen LogP contribution in [0.3, 0.4) is 0 Å². The lowest BCUT2D eigenvalue weighted by atomic mass is 9.81. The zero-order chi connectivity index (χ0) is 15.3. The maximum atomic E-state index is 12.7. The Morgan fingerprint density at radius 1 is 1.43 bits per heavy atom. The minimum absolute atomic E-state index is 0.163. The van der Waals surface area contributed by atoms with Crippen LogP contribution in [0.2, 0.25) is 0 Å². The molecule has 1 unspecified atom stereocenters. The molecule has 0 radical (unpaired) electrons. The van der Waals surface area contributed by atoms with Crippen LogP contribution >= 0.6 is 0 Å². The molecule has 1 amide bonds. The van der Waals surface area contributed by atoms with Gasteiger partial charge >= 0.3 is 0 Å². The number of nitrogens with one attached hydrogen (secondary N) is 2. The van der Waals surface area contributed by atoms with E-state index in [2.05, 4.69) is 34.6 Å². The van der Waals surface area contributed by atoms with Gasteiger partial charge in [0.15, 0.2) is 0 Å². The van der Waals surface area contributed by atoms with E-state index in [1.165, 1.54) is 5.56 Å². The van der Waals surface area contributed by atoms with Crippen LogP contribution in [0.4, 0.5) is 5.69 Å². The average molecular weight is 289 g/mol. The van der Waals surface area contributed by atoms with E-state index in [4.69, 9.17) is 0 Å². The number of carbonyl (C=O) groups excluding carboxylic acids is 1. The predicted octanol–water partition coefficient (Wildman–Crippen LogP) is 2.47. The van der Waals surface area contributed by atoms with Crippen LogP contribution in [0.25, 0.3) is 0 Å². The summed E-state index contributed by atoms with van der Waals surface area (Å²) in [5.74, 6) is 0.163. The van der Waals surface area contributed by atoms with Gasteiger partial charge in [0.25, 0.3) is 0 Å². The van der Waals surface area contributed by atoms with E-state index < -0.39 is 0 Å². The van der Waals surface area contributed by atoms with Gasteiger partial charge in [-0.1, -0.05) is 25.5 Å². The Balaban J connectivity index is 2.08. The highest BCUT2D eigenvalue weighted by molar-refractivity contribution is 5.95. The monoisotopic (exact) mass is 289 g/mol. The molecular weight excluding hydrogens is 262 g/mol. The summed E-state index contributed by atoms with van der Waals surface area (Å²) in [5.41, 5.74) is 1.89. The standard InChI is InChI=1S/C17H27N3O/c1-4-8-17(9-10-18-13-17)16(21)19-15-7-5-6-14(11-15)12-20(2)3/h5-7,11,18H,4,8-10,12-13H2,1-3H3,(H,19,21). The molecule has 1 heterocycles. The maximum absolute atomic E-state index is 12.7. The second-order valence-electron chi connectivity index (χ2n) is 6.35. The van der Waals surface area contributed by atoms with Crippen molar-refractivity contribution in [1.29, 1.82) is 0 Å². The summed E-state index contributed by atoms with van der Waals surface area (Å²) < 4.78 is 0. The third-order valence-corrected chi connectivity index (χ3v) is 4.14. The molecule has 21 heavy (non-hydrogen) atoms. The van der Waals surface area contributed by atoms with Crippen molar-refractivity contribution < 1.29 is 4.79 Å². The summed E-state index contributed by atoms with van der Waals surface area (Å²) in [6, 6.07) is 8.14. The van der Waals surface area contributed by atoms with Crippen molar-refractivity contribution in [2.24, 2.45) is 5.41 Å². The van der Waals surface area contributed by atoms with Crippen molar-refractivity contribution in [1.82, 2.24) is 10.2 Å². The van der Waals surface area contributed by atoms with Crippen LogP contribution in [0.1, 0.15) is 31.7 Å². The van der Waals surface area contributed by atoms with E-state index in [0.717, 1.165) is 44.6 Å². The molecule has 0 aliphatic carbocycles. The van der Waals surface area contributed by atoms with Gasteiger partial charge in [0.1, 0.15) is 0 Å². The van der Waals surface area contributed by atoms with Crippen LogP contribution in [0.5, 0.6) is 0 Å². The van der Waals surface area contributed by atoms with Crippen molar-refractivity contribution in [3.05, 3.63) is 29.8 Å². The first-order chi connectivity index (χ1) is 10.1. The number of hydrogen-bond donors (Lipinski definition) is 2. The summed E-state index contributed by atoms with van der Waals surface area (Å²) >= 11 is 0. The van der Waals surface area contributed by atoms with E-state index >= 15 is 0 Å². The van der Waals surface area contributed by atoms with Crippen molar-refractivity contribution in [2.75, 3.05) is 32.5 Å². The quantitative estimate of drug-likeness (QED) is 0.845. The number of carbonyl (C=O) groups is 1. The fourth-order valence-electron chi connectivity index (χ4n) is 3.12. The van der Waals surface area contributed by atoms with Gasteiger partial charge in [-0.25, -0.2) is 0 Å². The average Bonchev–Trinajstić information content (AvgIpc) is 2.88. The summed E-state index contributed by atoms with van der Waals surface area (Å²) in [5, 5.41) is 6.46. The third kappa shape index (κ3) is 4.05. The van der Waals surface area contributed by atoms with Gasteiger partial charge in [-0.15, -0.1) is 0 Å². The molecular formula is C17H27N3O. The predicted molar refractivity (Wildman–Crippen MR) is 87.3 cm³/mol. The Labute approximate surface area is 127 Å². The fraction of sp³-hybridized carbons (Fsp3) is 0.588. The number of anilines is 1. The van der Waals surface area contributed by atoms with E-state index in [1.807, 2.05) is 26.2 Å². The third-order valence-electron chi connectivity index (χ3n) is 4.14. The Bertz CT molecular complexity index is 479. The first kappa shape index (κ1) is 16.0. The normalized spacial score (nSPS) is 21.7. The second-order valence-corrected chi connectivity index (χ2v) is 6.35. The number of amides is 1. The Morgan fingerprint density at radius 2 is 2.24 bits per heavy atom. The van der Waals surface area contributed by atoms with Crippen molar-refractivity contribution in [3.63, 3.8) is 0 Å². The van der Waals surface area contributed by atoms with Crippen LogP contribution in [-0.2, 0) is 11.3 Å². The van der Waals surface area contributed by atoms with Gasteiger partial charge in [0.05, 0.1) is 5.41 Å². The van der Waals surface area contributed by atoms with Gasteiger partial charge in [-0.2, -0.15) is 0 Å². The lowest BCUT2D eigenvalue weighted by Gasteiger charge is -2.26. The smallest absolute Gasteiger partial charge is 0.231 e. The fourth-order valence-corrected chi connectivity index (χ4v) is 3.12. The van der Waals surface area contributed by atoms with E-state index in [9.17, 15) is 4.79 Å². The molecule has 0 bridgehead atoms. The number of benzene rings is 1. The highest BCUT2D eigenvalue weighted by Gasteiger charge is 2.40. The molecule has 1 aliphatic heterocycles. The molecule has 0 spiro atoms. The zero-order valence-corrected chi connectivity index (χ0v) is 13.4. The van der Waals surface area contributed by atoms with Crippen LogP contribution in [0.15, 0.2) is 24.3 Å². The highest BCUT2D eigenvalue weighted by Crippen LogP contribution is 2.32. The van der Waals surface area contributed by atoms with Crippen LogP contribution in [0, 0.1) is 5.41 Å². The van der Waals surface area contributed by atoms with Gasteiger partial charge < -0.3 is 15.5 Å². The minimum Gasteiger partial charge on any atom is -0.326 e. The molecule has 1 atom stereocenters. The molecule has 4 nitrogen and oxygen atoms in total. The van der Waals surface area contributed by atoms with Crippen LogP contribution in [-0.4, -0.2) is 38.0 Å². The van der Waals surface area contributed by atoms with Gasteiger partial charge in [0.2, 0.25) is 5.91 Å². The molecule has 0 saturated carbocycles. The molecule has 1 fully saturated rings. The molecule has 1 saturated heterocycles. The molecule has 2 rings (SSSR count). The number of hydrogen-bond acceptors (Lipinski definition) is 3. The summed E-state index contributed by atoms with van der Waals surface area (Å²) in [6.07, 6.45) is 2.92. The van der Waals surface area contributed by atoms with Crippen molar-refractivity contribution in [3.8, 4) is 0 Å². The molecule has 4 heteroatoms. The lowest BCUT2D eigenvalue weighted by molar-refractivity contribution is -0.125. The zero-order valence-electron chi connectivity index (χ0n) is 13.4. The molecule has 1 aromatic rings. The Morgan fingerprint density at radius 3 is 2.86 bits per heavy atom. The molecule has 1 aromatic carbocycles. The van der Waals surface area contributed by atoms with Gasteiger partial charge in [-0.3, -0.25) is 4.79 Å². The Hall–Kier alpha value is -1.39.